The number of halogens is 1. The van der Waals surface area contributed by atoms with Gasteiger partial charge in [-0.1, -0.05) is 0 Å². The van der Waals surface area contributed by atoms with Crippen LogP contribution < -0.4 is 0 Å². The molecule has 1 aliphatic rings. The van der Waals surface area contributed by atoms with Crippen LogP contribution >= 0.6 is 11.6 Å². The summed E-state index contributed by atoms with van der Waals surface area (Å²) in [6, 6.07) is 0. The Bertz CT molecular complexity index is 302. The second-order valence-electron chi connectivity index (χ2n) is 3.28. The third kappa shape index (κ3) is 2.85. The summed E-state index contributed by atoms with van der Waals surface area (Å²) >= 11 is 5.44. The number of sulfonamides is 1. The van der Waals surface area contributed by atoms with Gasteiger partial charge in [-0.05, 0) is 19.3 Å². The number of alkyl halides is 1. The lowest BCUT2D eigenvalue weighted by atomic mass is 10.4. The van der Waals surface area contributed by atoms with Gasteiger partial charge in [0.2, 0.25) is 15.9 Å². The van der Waals surface area contributed by atoms with Crippen molar-refractivity contribution in [3.63, 3.8) is 0 Å². The van der Waals surface area contributed by atoms with E-state index in [1.54, 1.807) is 0 Å². The molecule has 1 saturated heterocycles. The number of nitrogens with zero attached hydrogens (tertiary/aromatic N) is 1. The lowest BCUT2D eigenvalue weighted by Gasteiger charge is -2.15. The fourth-order valence-electron chi connectivity index (χ4n) is 1.41. The number of amides is 1. The van der Waals surface area contributed by atoms with Crippen molar-refractivity contribution in [2.45, 2.75) is 25.7 Å². The van der Waals surface area contributed by atoms with Gasteiger partial charge < -0.3 is 0 Å². The third-order valence-corrected chi connectivity index (χ3v) is 4.28. The molecule has 4 nitrogen and oxygen atoms in total. The molecule has 0 aliphatic carbocycles. The molecule has 0 unspecified atom stereocenters. The van der Waals surface area contributed by atoms with Gasteiger partial charge in [0.1, 0.15) is 0 Å². The number of unbranched alkanes of at least 4 members (excludes halogenated alkanes) is 1. The lowest BCUT2D eigenvalue weighted by molar-refractivity contribution is -0.123. The molecule has 0 aromatic carbocycles. The molecule has 6 heteroatoms. The van der Waals surface area contributed by atoms with E-state index < -0.39 is 10.0 Å². The van der Waals surface area contributed by atoms with Gasteiger partial charge >= 0.3 is 0 Å². The van der Waals surface area contributed by atoms with Crippen molar-refractivity contribution in [1.29, 1.82) is 0 Å². The molecule has 0 atom stereocenters. The first-order chi connectivity index (χ1) is 6.58. The largest absolute Gasteiger partial charge is 0.274 e. The highest BCUT2D eigenvalue weighted by atomic mass is 35.5. The van der Waals surface area contributed by atoms with Crippen molar-refractivity contribution in [1.82, 2.24) is 4.31 Å². The first kappa shape index (κ1) is 11.8. The topological polar surface area (TPSA) is 54.5 Å². The van der Waals surface area contributed by atoms with Crippen LogP contribution in [0.25, 0.3) is 0 Å². The van der Waals surface area contributed by atoms with Gasteiger partial charge in [-0.3, -0.25) is 4.79 Å². The van der Waals surface area contributed by atoms with Gasteiger partial charge in [0.25, 0.3) is 0 Å². The predicted octanol–water partition coefficient (Wildman–Crippen LogP) is 0.958. The van der Waals surface area contributed by atoms with Gasteiger partial charge in [0.15, 0.2) is 0 Å². The molecule has 14 heavy (non-hydrogen) atoms. The number of carbonyl (C=O) groups is 1. The fraction of sp³-hybridized carbons (Fsp3) is 0.875. The molecular formula is C8H14ClNO3S. The zero-order chi connectivity index (χ0) is 10.6. The first-order valence-electron chi connectivity index (χ1n) is 4.67. The second kappa shape index (κ2) is 4.98. The van der Waals surface area contributed by atoms with E-state index >= 15 is 0 Å². The Labute approximate surface area is 89.3 Å². The molecule has 0 radical (unpaired) electrons. The van der Waals surface area contributed by atoms with E-state index in [0.717, 1.165) is 4.31 Å². The van der Waals surface area contributed by atoms with Gasteiger partial charge in [-0.15, -0.1) is 11.6 Å². The van der Waals surface area contributed by atoms with Crippen LogP contribution in [0.1, 0.15) is 25.7 Å². The summed E-state index contributed by atoms with van der Waals surface area (Å²) in [5.74, 6) is 0.227. The van der Waals surface area contributed by atoms with Crippen LogP contribution in [-0.4, -0.2) is 36.8 Å². The molecule has 0 aromatic rings. The number of carbonyl (C=O) groups excluding carboxylic acids is 1. The van der Waals surface area contributed by atoms with Crippen molar-refractivity contribution in [2.75, 3.05) is 18.2 Å². The molecule has 1 aliphatic heterocycles. The van der Waals surface area contributed by atoms with Crippen molar-refractivity contribution in [3.8, 4) is 0 Å². The molecule has 0 saturated carbocycles. The Morgan fingerprint density at radius 2 is 2.07 bits per heavy atom. The Morgan fingerprint density at radius 1 is 1.36 bits per heavy atom. The summed E-state index contributed by atoms with van der Waals surface area (Å²) in [6.07, 6.45) is 2.20. The highest BCUT2D eigenvalue weighted by Gasteiger charge is 2.30. The maximum absolute atomic E-state index is 11.6. The zero-order valence-electron chi connectivity index (χ0n) is 7.91. The maximum Gasteiger partial charge on any atom is 0.237 e. The summed E-state index contributed by atoms with van der Waals surface area (Å²) in [7, 11) is -3.36. The first-order valence-corrected chi connectivity index (χ1v) is 6.81. The summed E-state index contributed by atoms with van der Waals surface area (Å²) in [4.78, 5) is 11.2. The average Bonchev–Trinajstić information content (AvgIpc) is 2.52. The Morgan fingerprint density at radius 3 is 2.57 bits per heavy atom. The molecule has 0 N–H and O–H groups in total. The van der Waals surface area contributed by atoms with E-state index in [4.69, 9.17) is 11.6 Å². The van der Waals surface area contributed by atoms with Gasteiger partial charge in [-0.25, -0.2) is 12.7 Å². The van der Waals surface area contributed by atoms with Crippen LogP contribution in [0.5, 0.6) is 0 Å². The summed E-state index contributed by atoms with van der Waals surface area (Å²) in [5.41, 5.74) is 0. The lowest BCUT2D eigenvalue weighted by Crippen LogP contribution is -2.33. The summed E-state index contributed by atoms with van der Waals surface area (Å²) < 4.78 is 24.2. The van der Waals surface area contributed by atoms with Crippen LogP contribution in [0.3, 0.4) is 0 Å². The van der Waals surface area contributed by atoms with Gasteiger partial charge in [0, 0.05) is 18.8 Å². The SMILES string of the molecule is O=C1CCCN1S(=O)(=O)CCCCCl. The van der Waals surface area contributed by atoms with E-state index in [1.807, 2.05) is 0 Å². The molecule has 1 heterocycles. The molecule has 1 rings (SSSR count). The minimum Gasteiger partial charge on any atom is -0.274 e. The van der Waals surface area contributed by atoms with E-state index in [1.165, 1.54) is 0 Å². The quantitative estimate of drug-likeness (QED) is 0.530. The molecule has 0 bridgehead atoms. The van der Waals surface area contributed by atoms with Crippen molar-refractivity contribution >= 4 is 27.5 Å². The highest BCUT2D eigenvalue weighted by molar-refractivity contribution is 7.89. The Hall–Kier alpha value is -0.290. The molecule has 0 aromatic heterocycles. The van der Waals surface area contributed by atoms with Crippen molar-refractivity contribution in [3.05, 3.63) is 0 Å². The Kier molecular flexibility index (Phi) is 4.19. The summed E-state index contributed by atoms with van der Waals surface area (Å²) in [6.45, 7) is 0.349. The smallest absolute Gasteiger partial charge is 0.237 e. The molecule has 82 valence electrons. The molecule has 0 spiro atoms. The van der Waals surface area contributed by atoms with Crippen LogP contribution in [0.4, 0.5) is 0 Å². The molecule has 1 fully saturated rings. The van der Waals surface area contributed by atoms with E-state index in [9.17, 15) is 13.2 Å². The highest BCUT2D eigenvalue weighted by Crippen LogP contribution is 2.15. The second-order valence-corrected chi connectivity index (χ2v) is 5.67. The van der Waals surface area contributed by atoms with Crippen molar-refractivity contribution in [2.24, 2.45) is 0 Å². The summed E-state index contributed by atoms with van der Waals surface area (Å²) in [5, 5.41) is 0. The monoisotopic (exact) mass is 239 g/mol. The zero-order valence-corrected chi connectivity index (χ0v) is 9.48. The average molecular weight is 240 g/mol. The fourth-order valence-corrected chi connectivity index (χ4v) is 3.19. The van der Waals surface area contributed by atoms with Crippen LogP contribution in [0, 0.1) is 0 Å². The molecule has 1 amide bonds. The minimum absolute atomic E-state index is 0.0332. The van der Waals surface area contributed by atoms with Crippen LogP contribution in [0.2, 0.25) is 0 Å². The van der Waals surface area contributed by atoms with Crippen LogP contribution in [-0.2, 0) is 14.8 Å². The number of rotatable bonds is 5. The Balaban J connectivity index is 2.52. The van der Waals surface area contributed by atoms with Crippen LogP contribution in [0.15, 0.2) is 0 Å². The number of hydrogen-bond acceptors (Lipinski definition) is 3. The standard InChI is InChI=1S/C8H14ClNO3S/c9-5-1-2-7-14(12,13)10-6-3-4-8(10)11/h1-7H2. The van der Waals surface area contributed by atoms with Gasteiger partial charge in [0.05, 0.1) is 5.75 Å². The van der Waals surface area contributed by atoms with E-state index in [0.29, 0.717) is 38.1 Å². The minimum atomic E-state index is -3.36. The number of hydrogen-bond donors (Lipinski definition) is 0. The maximum atomic E-state index is 11.6. The van der Waals surface area contributed by atoms with E-state index in [-0.39, 0.29) is 11.7 Å². The third-order valence-electron chi connectivity index (χ3n) is 2.15. The van der Waals surface area contributed by atoms with E-state index in [2.05, 4.69) is 0 Å². The molecular weight excluding hydrogens is 226 g/mol. The van der Waals surface area contributed by atoms with Gasteiger partial charge in [-0.2, -0.15) is 0 Å². The predicted molar refractivity (Wildman–Crippen MR) is 54.7 cm³/mol. The van der Waals surface area contributed by atoms with Crippen molar-refractivity contribution < 1.29 is 13.2 Å². The normalized spacial score (nSPS) is 17.8.